The molecule has 0 saturated heterocycles. The molecule has 110 valence electrons. The quantitative estimate of drug-likeness (QED) is 0.826. The molecule has 7 heteroatoms. The van der Waals surface area contributed by atoms with Crippen LogP contribution in [-0.2, 0) is 0 Å². The summed E-state index contributed by atoms with van der Waals surface area (Å²) < 4.78 is 32.6. The van der Waals surface area contributed by atoms with Gasteiger partial charge in [-0.3, -0.25) is 4.79 Å². The summed E-state index contributed by atoms with van der Waals surface area (Å²) in [6, 6.07) is 6.38. The second kappa shape index (κ2) is 6.09. The number of carbonyl (C=O) groups excluding carboxylic acids is 1. The summed E-state index contributed by atoms with van der Waals surface area (Å²) in [6.45, 7) is 0. The molecular formula is C14H11BrF2N2O2. The molecule has 0 fully saturated rings. The Labute approximate surface area is 128 Å². The highest BCUT2D eigenvalue weighted by Gasteiger charge is 2.16. The van der Waals surface area contributed by atoms with Crippen molar-refractivity contribution in [2.24, 2.45) is 0 Å². The predicted octanol–water partition coefficient (Wildman–Crippen LogP) is 3.57. The van der Waals surface area contributed by atoms with E-state index >= 15 is 0 Å². The van der Waals surface area contributed by atoms with Gasteiger partial charge >= 0.3 is 0 Å². The van der Waals surface area contributed by atoms with Gasteiger partial charge in [-0.05, 0) is 46.3 Å². The monoisotopic (exact) mass is 356 g/mol. The Morgan fingerprint density at radius 1 is 1.29 bits per heavy atom. The Morgan fingerprint density at radius 2 is 2.00 bits per heavy atom. The van der Waals surface area contributed by atoms with Crippen LogP contribution in [0.4, 0.5) is 20.2 Å². The van der Waals surface area contributed by atoms with Crippen molar-refractivity contribution in [3.8, 4) is 5.75 Å². The lowest BCUT2D eigenvalue weighted by atomic mass is 10.1. The summed E-state index contributed by atoms with van der Waals surface area (Å²) >= 11 is 3.26. The minimum atomic E-state index is -0.957. The number of rotatable bonds is 3. The van der Waals surface area contributed by atoms with Gasteiger partial charge in [0, 0.05) is 5.69 Å². The molecule has 0 radical (unpaired) electrons. The number of nitrogens with one attached hydrogen (secondary N) is 1. The summed E-state index contributed by atoms with van der Waals surface area (Å²) in [5, 5.41) is 2.46. The van der Waals surface area contributed by atoms with Crippen LogP contribution < -0.4 is 15.8 Å². The highest BCUT2D eigenvalue weighted by molar-refractivity contribution is 9.10. The van der Waals surface area contributed by atoms with Crippen LogP contribution in [0.1, 0.15) is 10.4 Å². The summed E-state index contributed by atoms with van der Waals surface area (Å²) in [5.74, 6) is -1.96. The average molecular weight is 357 g/mol. The van der Waals surface area contributed by atoms with Crippen LogP contribution in [0.2, 0.25) is 0 Å². The fourth-order valence-electron chi connectivity index (χ4n) is 1.72. The van der Waals surface area contributed by atoms with Gasteiger partial charge in [0.25, 0.3) is 5.91 Å². The molecule has 21 heavy (non-hydrogen) atoms. The minimum Gasteiger partial charge on any atom is -0.496 e. The summed E-state index contributed by atoms with van der Waals surface area (Å²) in [4.78, 5) is 12.0. The zero-order chi connectivity index (χ0) is 15.6. The molecular weight excluding hydrogens is 346 g/mol. The van der Waals surface area contributed by atoms with Crippen LogP contribution in [0.5, 0.6) is 5.75 Å². The van der Waals surface area contributed by atoms with E-state index in [4.69, 9.17) is 10.5 Å². The van der Waals surface area contributed by atoms with E-state index in [-0.39, 0.29) is 0 Å². The second-order valence-corrected chi connectivity index (χ2v) is 5.01. The Morgan fingerprint density at radius 3 is 2.62 bits per heavy atom. The highest BCUT2D eigenvalue weighted by Crippen LogP contribution is 2.28. The van der Waals surface area contributed by atoms with Crippen molar-refractivity contribution in [3.63, 3.8) is 0 Å². The van der Waals surface area contributed by atoms with Crippen molar-refractivity contribution in [2.75, 3.05) is 18.2 Å². The van der Waals surface area contributed by atoms with E-state index in [0.717, 1.165) is 12.1 Å². The molecule has 0 saturated carbocycles. The lowest BCUT2D eigenvalue weighted by molar-refractivity contribution is 0.102. The number of benzene rings is 2. The van der Waals surface area contributed by atoms with Crippen molar-refractivity contribution >= 4 is 33.2 Å². The molecule has 2 aromatic rings. The number of methoxy groups -OCH3 is 1. The first-order valence-corrected chi connectivity index (χ1v) is 6.61. The number of hydrogen-bond acceptors (Lipinski definition) is 3. The van der Waals surface area contributed by atoms with E-state index in [2.05, 4.69) is 21.2 Å². The highest BCUT2D eigenvalue weighted by atomic mass is 79.9. The Kier molecular flexibility index (Phi) is 4.42. The van der Waals surface area contributed by atoms with Crippen LogP contribution in [0, 0.1) is 11.6 Å². The maximum absolute atomic E-state index is 13.8. The van der Waals surface area contributed by atoms with Crippen LogP contribution >= 0.6 is 15.9 Å². The minimum absolute atomic E-state index is 0.398. The number of nitrogen functional groups attached to an aromatic ring is 1. The van der Waals surface area contributed by atoms with Crippen LogP contribution in [0.25, 0.3) is 0 Å². The van der Waals surface area contributed by atoms with E-state index in [1.807, 2.05) is 0 Å². The maximum atomic E-state index is 13.8. The van der Waals surface area contributed by atoms with Gasteiger partial charge in [-0.15, -0.1) is 0 Å². The molecule has 0 atom stereocenters. The van der Waals surface area contributed by atoms with E-state index < -0.39 is 28.8 Å². The zero-order valence-corrected chi connectivity index (χ0v) is 12.5. The Bertz CT molecular complexity index is 708. The summed E-state index contributed by atoms with van der Waals surface area (Å²) in [7, 11) is 1.50. The number of halogens is 3. The molecule has 0 spiro atoms. The summed E-state index contributed by atoms with van der Waals surface area (Å²) in [6.07, 6.45) is 0. The van der Waals surface area contributed by atoms with Gasteiger partial charge < -0.3 is 15.8 Å². The molecule has 0 aromatic heterocycles. The van der Waals surface area contributed by atoms with Crippen molar-refractivity contribution in [2.45, 2.75) is 0 Å². The van der Waals surface area contributed by atoms with Gasteiger partial charge in [0.05, 0.1) is 22.8 Å². The third-order valence-corrected chi connectivity index (χ3v) is 3.34. The molecule has 3 N–H and O–H groups in total. The average Bonchev–Trinajstić information content (AvgIpc) is 2.43. The van der Waals surface area contributed by atoms with Crippen LogP contribution in [0.3, 0.4) is 0 Å². The Hall–Kier alpha value is -2.15. The molecule has 2 rings (SSSR count). The fourth-order valence-corrected chi connectivity index (χ4v) is 2.26. The SMILES string of the molecule is COc1ccc(NC(=O)c2cc(F)cc(N)c2F)cc1Br. The van der Waals surface area contributed by atoms with Crippen molar-refractivity contribution in [1.29, 1.82) is 0 Å². The topological polar surface area (TPSA) is 64.3 Å². The standard InChI is InChI=1S/C14H11BrF2N2O2/c1-21-12-3-2-8(6-10(12)15)19-14(20)9-4-7(16)5-11(18)13(9)17/h2-6H,18H2,1H3,(H,19,20). The van der Waals surface area contributed by atoms with Gasteiger partial charge in [-0.2, -0.15) is 0 Å². The maximum Gasteiger partial charge on any atom is 0.258 e. The molecule has 2 aromatic carbocycles. The third kappa shape index (κ3) is 3.30. The molecule has 4 nitrogen and oxygen atoms in total. The normalized spacial score (nSPS) is 10.3. The zero-order valence-electron chi connectivity index (χ0n) is 10.9. The molecule has 0 bridgehead atoms. The van der Waals surface area contributed by atoms with Crippen molar-refractivity contribution in [3.05, 3.63) is 52.0 Å². The lowest BCUT2D eigenvalue weighted by Crippen LogP contribution is -2.15. The molecule has 0 heterocycles. The van der Waals surface area contributed by atoms with Gasteiger partial charge in [0.2, 0.25) is 0 Å². The number of hydrogen-bond donors (Lipinski definition) is 2. The molecule has 1 amide bonds. The number of carbonyl (C=O) groups is 1. The number of amides is 1. The van der Waals surface area contributed by atoms with Gasteiger partial charge in [0.1, 0.15) is 11.6 Å². The van der Waals surface area contributed by atoms with Gasteiger partial charge in [-0.25, -0.2) is 8.78 Å². The smallest absolute Gasteiger partial charge is 0.258 e. The number of ether oxygens (including phenoxy) is 1. The largest absolute Gasteiger partial charge is 0.496 e. The van der Waals surface area contributed by atoms with E-state index in [0.29, 0.717) is 15.9 Å². The van der Waals surface area contributed by atoms with E-state index in [1.54, 1.807) is 18.2 Å². The first-order chi connectivity index (χ1) is 9.92. The van der Waals surface area contributed by atoms with E-state index in [9.17, 15) is 13.6 Å². The Balaban J connectivity index is 2.28. The third-order valence-electron chi connectivity index (χ3n) is 2.72. The first-order valence-electron chi connectivity index (χ1n) is 5.81. The van der Waals surface area contributed by atoms with Gasteiger partial charge in [-0.1, -0.05) is 0 Å². The lowest BCUT2D eigenvalue weighted by Gasteiger charge is -2.09. The van der Waals surface area contributed by atoms with E-state index in [1.165, 1.54) is 7.11 Å². The number of nitrogens with two attached hydrogens (primary N) is 1. The predicted molar refractivity (Wildman–Crippen MR) is 79.4 cm³/mol. The van der Waals surface area contributed by atoms with Crippen molar-refractivity contribution < 1.29 is 18.3 Å². The molecule has 0 unspecified atom stereocenters. The van der Waals surface area contributed by atoms with Crippen LogP contribution in [0.15, 0.2) is 34.8 Å². The molecule has 0 aliphatic heterocycles. The van der Waals surface area contributed by atoms with Gasteiger partial charge in [0.15, 0.2) is 5.82 Å². The number of anilines is 2. The fraction of sp³-hybridized carbons (Fsp3) is 0.0714. The first kappa shape index (κ1) is 15.2. The summed E-state index contributed by atoms with van der Waals surface area (Å²) in [5.41, 5.74) is 4.81. The van der Waals surface area contributed by atoms with Crippen molar-refractivity contribution in [1.82, 2.24) is 0 Å². The second-order valence-electron chi connectivity index (χ2n) is 4.16. The van der Waals surface area contributed by atoms with Crippen LogP contribution in [-0.4, -0.2) is 13.0 Å². The molecule has 0 aliphatic carbocycles. The molecule has 0 aliphatic rings.